The standard InChI is InChI=1S/C28H25NO6S/c1-19-14-16-22(17-15-19)36(32,33)29-24(21-12-8-5-9-13-21)18-23(20-10-6-4-7-11-20)25(27(30)34-2)26(29)28(31)35-3/h4-18,24H,1-3H3/t24-/m1/s1. The summed E-state index contributed by atoms with van der Waals surface area (Å²) in [7, 11) is -2.03. The predicted octanol–water partition coefficient (Wildman–Crippen LogP) is 4.42. The van der Waals surface area contributed by atoms with E-state index in [-0.39, 0.29) is 10.5 Å². The van der Waals surface area contributed by atoms with Crippen LogP contribution >= 0.6 is 0 Å². The van der Waals surface area contributed by atoms with Gasteiger partial charge in [0.2, 0.25) is 0 Å². The summed E-state index contributed by atoms with van der Waals surface area (Å²) in [5.41, 5.74) is 1.85. The minimum Gasteiger partial charge on any atom is -0.465 e. The van der Waals surface area contributed by atoms with E-state index in [2.05, 4.69) is 0 Å². The number of hydrogen-bond donors (Lipinski definition) is 0. The van der Waals surface area contributed by atoms with E-state index in [1.54, 1.807) is 66.7 Å². The van der Waals surface area contributed by atoms with Gasteiger partial charge in [0.1, 0.15) is 0 Å². The van der Waals surface area contributed by atoms with Crippen LogP contribution in [0.15, 0.2) is 107 Å². The maximum Gasteiger partial charge on any atom is 0.356 e. The molecule has 0 saturated heterocycles. The molecule has 3 aromatic rings. The van der Waals surface area contributed by atoms with Crippen molar-refractivity contribution in [1.29, 1.82) is 0 Å². The molecule has 0 N–H and O–H groups in total. The zero-order chi connectivity index (χ0) is 25.9. The number of carbonyl (C=O) groups is 2. The van der Waals surface area contributed by atoms with Crippen LogP contribution in [0.4, 0.5) is 0 Å². The second-order valence-electron chi connectivity index (χ2n) is 8.12. The van der Waals surface area contributed by atoms with E-state index in [0.29, 0.717) is 16.7 Å². The molecule has 184 valence electrons. The lowest BCUT2D eigenvalue weighted by Crippen LogP contribution is -2.41. The number of nitrogens with zero attached hydrogens (tertiary/aromatic N) is 1. The van der Waals surface area contributed by atoms with Gasteiger partial charge in [-0.05, 0) is 41.8 Å². The molecular formula is C28H25NO6S. The van der Waals surface area contributed by atoms with E-state index in [4.69, 9.17) is 9.47 Å². The monoisotopic (exact) mass is 503 g/mol. The molecule has 0 unspecified atom stereocenters. The highest BCUT2D eigenvalue weighted by Crippen LogP contribution is 2.43. The molecule has 0 amide bonds. The van der Waals surface area contributed by atoms with Crippen LogP contribution in [-0.2, 0) is 29.1 Å². The highest BCUT2D eigenvalue weighted by atomic mass is 32.2. The van der Waals surface area contributed by atoms with Crippen molar-refractivity contribution in [3.8, 4) is 0 Å². The quantitative estimate of drug-likeness (QED) is 0.463. The Balaban J connectivity index is 2.10. The number of aryl methyl sites for hydroxylation is 1. The molecular weight excluding hydrogens is 478 g/mol. The molecule has 0 aliphatic carbocycles. The van der Waals surface area contributed by atoms with Crippen molar-refractivity contribution in [2.45, 2.75) is 17.9 Å². The maximum atomic E-state index is 14.1. The lowest BCUT2D eigenvalue weighted by molar-refractivity contribution is -0.140. The molecule has 0 fully saturated rings. The number of sulfonamides is 1. The fourth-order valence-electron chi connectivity index (χ4n) is 4.12. The number of rotatable bonds is 6. The molecule has 0 bridgehead atoms. The number of esters is 2. The van der Waals surface area contributed by atoms with Crippen LogP contribution in [0.1, 0.15) is 22.7 Å². The second-order valence-corrected chi connectivity index (χ2v) is 9.94. The largest absolute Gasteiger partial charge is 0.465 e. The third kappa shape index (κ3) is 4.55. The van der Waals surface area contributed by atoms with Crippen LogP contribution in [0.2, 0.25) is 0 Å². The summed E-state index contributed by atoms with van der Waals surface area (Å²) in [6.07, 6.45) is 1.66. The zero-order valence-corrected chi connectivity index (χ0v) is 20.9. The molecule has 3 aromatic carbocycles. The lowest BCUT2D eigenvalue weighted by atomic mass is 9.89. The van der Waals surface area contributed by atoms with E-state index in [0.717, 1.165) is 17.0 Å². The van der Waals surface area contributed by atoms with Gasteiger partial charge in [-0.25, -0.2) is 22.3 Å². The van der Waals surface area contributed by atoms with Crippen molar-refractivity contribution in [1.82, 2.24) is 4.31 Å². The Kier molecular flexibility index (Phi) is 7.07. The number of methoxy groups -OCH3 is 2. The smallest absolute Gasteiger partial charge is 0.356 e. The van der Waals surface area contributed by atoms with Crippen molar-refractivity contribution in [2.24, 2.45) is 0 Å². The van der Waals surface area contributed by atoms with Gasteiger partial charge in [-0.15, -0.1) is 0 Å². The van der Waals surface area contributed by atoms with E-state index < -0.39 is 33.7 Å². The fourth-order valence-corrected chi connectivity index (χ4v) is 5.71. The summed E-state index contributed by atoms with van der Waals surface area (Å²) < 4.78 is 39.2. The van der Waals surface area contributed by atoms with E-state index >= 15 is 0 Å². The normalized spacial score (nSPS) is 15.8. The first-order chi connectivity index (χ1) is 17.3. The minimum absolute atomic E-state index is 0.0313. The fraction of sp³-hybridized carbons (Fsp3) is 0.143. The highest BCUT2D eigenvalue weighted by molar-refractivity contribution is 7.89. The summed E-state index contributed by atoms with van der Waals surface area (Å²) in [5.74, 6) is -1.84. The molecule has 0 radical (unpaired) electrons. The Morgan fingerprint density at radius 2 is 1.33 bits per heavy atom. The number of benzene rings is 3. The first-order valence-electron chi connectivity index (χ1n) is 11.1. The molecule has 8 heteroatoms. The van der Waals surface area contributed by atoms with Gasteiger partial charge in [-0.1, -0.05) is 78.4 Å². The zero-order valence-electron chi connectivity index (χ0n) is 20.0. The van der Waals surface area contributed by atoms with Crippen LogP contribution in [0.5, 0.6) is 0 Å². The summed E-state index contributed by atoms with van der Waals surface area (Å²) in [6.45, 7) is 1.84. The molecule has 4 rings (SSSR count). The van der Waals surface area contributed by atoms with Gasteiger partial charge in [-0.2, -0.15) is 0 Å². The average Bonchev–Trinajstić information content (AvgIpc) is 2.92. The summed E-state index contributed by atoms with van der Waals surface area (Å²) in [4.78, 5) is 26.4. The SMILES string of the molecule is COC(=O)C1=C(C(=O)OC)N(S(=O)(=O)c2ccc(C)cc2)[C@@H](c2ccccc2)C=C1c1ccccc1. The molecule has 1 heterocycles. The first kappa shape index (κ1) is 24.9. The van der Waals surface area contributed by atoms with Crippen LogP contribution in [0.25, 0.3) is 5.57 Å². The number of carbonyl (C=O) groups excluding carboxylic acids is 2. The van der Waals surface area contributed by atoms with Gasteiger partial charge in [-0.3, -0.25) is 0 Å². The molecule has 36 heavy (non-hydrogen) atoms. The Hall–Kier alpha value is -4.17. The summed E-state index contributed by atoms with van der Waals surface area (Å²) in [5, 5.41) is 0. The van der Waals surface area contributed by atoms with Gasteiger partial charge in [0.15, 0.2) is 5.70 Å². The van der Waals surface area contributed by atoms with Crippen molar-refractivity contribution in [2.75, 3.05) is 14.2 Å². The predicted molar refractivity (Wildman–Crippen MR) is 135 cm³/mol. The Morgan fingerprint density at radius 1 is 0.778 bits per heavy atom. The molecule has 7 nitrogen and oxygen atoms in total. The number of ether oxygens (including phenoxy) is 2. The van der Waals surface area contributed by atoms with Crippen LogP contribution in [-0.4, -0.2) is 38.9 Å². The first-order valence-corrected chi connectivity index (χ1v) is 12.6. The minimum atomic E-state index is -4.34. The van der Waals surface area contributed by atoms with Crippen molar-refractivity contribution < 1.29 is 27.5 Å². The Bertz CT molecular complexity index is 1440. The van der Waals surface area contributed by atoms with Crippen LogP contribution < -0.4 is 0 Å². The van der Waals surface area contributed by atoms with Gasteiger partial charge in [0.25, 0.3) is 10.0 Å². The third-order valence-corrected chi connectivity index (χ3v) is 7.67. The van der Waals surface area contributed by atoms with E-state index in [1.807, 2.05) is 19.1 Å². The van der Waals surface area contributed by atoms with Crippen molar-refractivity contribution >= 4 is 27.5 Å². The molecule has 1 atom stereocenters. The van der Waals surface area contributed by atoms with E-state index in [1.165, 1.54) is 19.2 Å². The highest BCUT2D eigenvalue weighted by Gasteiger charge is 2.44. The Labute approximate surface area is 210 Å². The number of hydrogen-bond acceptors (Lipinski definition) is 6. The van der Waals surface area contributed by atoms with Crippen molar-refractivity contribution in [3.05, 3.63) is 119 Å². The van der Waals surface area contributed by atoms with E-state index in [9.17, 15) is 18.0 Å². The topological polar surface area (TPSA) is 90.0 Å². The average molecular weight is 504 g/mol. The maximum absolute atomic E-state index is 14.1. The lowest BCUT2D eigenvalue weighted by Gasteiger charge is -2.37. The summed E-state index contributed by atoms with van der Waals surface area (Å²) in [6, 6.07) is 23.2. The second kappa shape index (κ2) is 10.2. The molecule has 0 saturated carbocycles. The third-order valence-electron chi connectivity index (χ3n) is 5.88. The van der Waals surface area contributed by atoms with Gasteiger partial charge < -0.3 is 9.47 Å². The molecule has 0 spiro atoms. The van der Waals surface area contributed by atoms with Gasteiger partial charge in [0, 0.05) is 0 Å². The van der Waals surface area contributed by atoms with Crippen molar-refractivity contribution in [3.63, 3.8) is 0 Å². The summed E-state index contributed by atoms with van der Waals surface area (Å²) >= 11 is 0. The van der Waals surface area contributed by atoms with Crippen LogP contribution in [0, 0.1) is 6.92 Å². The van der Waals surface area contributed by atoms with Gasteiger partial charge >= 0.3 is 11.9 Å². The molecule has 0 aromatic heterocycles. The molecule has 1 aliphatic heterocycles. The molecule has 1 aliphatic rings. The van der Waals surface area contributed by atoms with Crippen LogP contribution in [0.3, 0.4) is 0 Å². The Morgan fingerprint density at radius 3 is 1.89 bits per heavy atom. The van der Waals surface area contributed by atoms with Gasteiger partial charge in [0.05, 0.1) is 30.7 Å².